The Kier molecular flexibility index (Phi) is 7.11. The number of piperidine rings is 1. The summed E-state index contributed by atoms with van der Waals surface area (Å²) in [6.45, 7) is 7.82. The Morgan fingerprint density at radius 2 is 2.00 bits per heavy atom. The van der Waals surface area contributed by atoms with Gasteiger partial charge in [0.1, 0.15) is 0 Å². The lowest BCUT2D eigenvalue weighted by Crippen LogP contribution is -2.51. The van der Waals surface area contributed by atoms with Crippen molar-refractivity contribution in [3.63, 3.8) is 0 Å². The molecule has 19 heavy (non-hydrogen) atoms. The second-order valence-electron chi connectivity index (χ2n) is 5.64. The molecule has 0 spiro atoms. The maximum Gasteiger partial charge on any atom is 0.222 e. The van der Waals surface area contributed by atoms with Crippen molar-refractivity contribution in [1.82, 2.24) is 10.2 Å². The Morgan fingerprint density at radius 1 is 1.32 bits per heavy atom. The van der Waals surface area contributed by atoms with Gasteiger partial charge in [0.15, 0.2) is 0 Å². The fourth-order valence-corrected chi connectivity index (χ4v) is 2.93. The average molecular weight is 291 g/mol. The highest BCUT2D eigenvalue weighted by atomic mass is 35.5. The van der Waals surface area contributed by atoms with Crippen LogP contribution in [0.5, 0.6) is 0 Å². The lowest BCUT2D eigenvalue weighted by Gasteiger charge is -2.38. The van der Waals surface area contributed by atoms with Gasteiger partial charge in [0, 0.05) is 13.0 Å². The number of nitrogens with one attached hydrogen (secondary N) is 1. The number of rotatable bonds is 3. The molecule has 112 valence electrons. The monoisotopic (exact) mass is 290 g/mol. The summed E-state index contributed by atoms with van der Waals surface area (Å²) < 4.78 is 5.56. The molecule has 2 unspecified atom stereocenters. The molecule has 2 aliphatic heterocycles. The molecule has 2 fully saturated rings. The van der Waals surface area contributed by atoms with Crippen LogP contribution in [0.1, 0.15) is 39.5 Å². The fraction of sp³-hybridized carbons (Fsp3) is 0.929. The van der Waals surface area contributed by atoms with Gasteiger partial charge >= 0.3 is 0 Å². The van der Waals surface area contributed by atoms with Crippen LogP contribution in [0.25, 0.3) is 0 Å². The SMILES string of the molecule is CC1OCCN(C(=O)CCC2CCNCC2)C1C.Cl. The van der Waals surface area contributed by atoms with E-state index in [1.807, 2.05) is 4.90 Å². The van der Waals surface area contributed by atoms with Crippen LogP contribution in [0.2, 0.25) is 0 Å². The van der Waals surface area contributed by atoms with Gasteiger partial charge in [0.2, 0.25) is 5.91 Å². The molecule has 2 heterocycles. The molecule has 0 saturated carbocycles. The zero-order valence-corrected chi connectivity index (χ0v) is 12.9. The van der Waals surface area contributed by atoms with Crippen LogP contribution in [-0.4, -0.2) is 49.2 Å². The second kappa shape index (κ2) is 8.08. The molecule has 2 rings (SSSR count). The third-order valence-corrected chi connectivity index (χ3v) is 4.43. The molecular formula is C14H27ClN2O2. The molecule has 1 N–H and O–H groups in total. The standard InChI is InChI=1S/C14H26N2O2.ClH/c1-11-12(2)18-10-9-16(11)14(17)4-3-13-5-7-15-8-6-13;/h11-13,15H,3-10H2,1-2H3;1H. The van der Waals surface area contributed by atoms with Gasteiger partial charge in [-0.1, -0.05) is 0 Å². The summed E-state index contributed by atoms with van der Waals surface area (Å²) >= 11 is 0. The Balaban J connectivity index is 0.00000180. The van der Waals surface area contributed by atoms with E-state index in [9.17, 15) is 4.79 Å². The minimum absolute atomic E-state index is 0. The molecule has 0 aromatic carbocycles. The van der Waals surface area contributed by atoms with Crippen LogP contribution >= 0.6 is 12.4 Å². The third kappa shape index (κ3) is 4.62. The molecule has 2 saturated heterocycles. The van der Waals surface area contributed by atoms with E-state index in [4.69, 9.17) is 4.74 Å². The summed E-state index contributed by atoms with van der Waals surface area (Å²) in [5.74, 6) is 1.06. The molecule has 0 aliphatic carbocycles. The maximum atomic E-state index is 12.3. The van der Waals surface area contributed by atoms with Crippen LogP contribution in [-0.2, 0) is 9.53 Å². The van der Waals surface area contributed by atoms with Crippen LogP contribution in [0.4, 0.5) is 0 Å². The van der Waals surface area contributed by atoms with E-state index >= 15 is 0 Å². The first-order valence-corrected chi connectivity index (χ1v) is 7.30. The minimum atomic E-state index is 0. The molecular weight excluding hydrogens is 264 g/mol. The Labute approximate surface area is 122 Å². The quantitative estimate of drug-likeness (QED) is 0.862. The first-order valence-electron chi connectivity index (χ1n) is 7.30. The summed E-state index contributed by atoms with van der Waals surface area (Å²) in [4.78, 5) is 14.3. The van der Waals surface area contributed by atoms with Gasteiger partial charge in [-0.25, -0.2) is 0 Å². The molecule has 0 radical (unpaired) electrons. The zero-order valence-electron chi connectivity index (χ0n) is 12.1. The zero-order chi connectivity index (χ0) is 13.0. The van der Waals surface area contributed by atoms with E-state index in [0.717, 1.165) is 32.0 Å². The van der Waals surface area contributed by atoms with Gasteiger partial charge < -0.3 is 15.0 Å². The van der Waals surface area contributed by atoms with Gasteiger partial charge in [0.25, 0.3) is 0 Å². The van der Waals surface area contributed by atoms with Gasteiger partial charge in [-0.05, 0) is 52.1 Å². The number of morpholine rings is 1. The van der Waals surface area contributed by atoms with Crippen LogP contribution in [0.15, 0.2) is 0 Å². The Hall–Kier alpha value is -0.320. The smallest absolute Gasteiger partial charge is 0.222 e. The number of hydrogen-bond donors (Lipinski definition) is 1. The number of carbonyl (C=O) groups excluding carboxylic acids is 1. The number of carbonyl (C=O) groups is 1. The molecule has 5 heteroatoms. The van der Waals surface area contributed by atoms with Crippen LogP contribution in [0.3, 0.4) is 0 Å². The minimum Gasteiger partial charge on any atom is -0.375 e. The van der Waals surface area contributed by atoms with Crippen molar-refractivity contribution < 1.29 is 9.53 Å². The predicted molar refractivity (Wildman–Crippen MR) is 78.7 cm³/mol. The maximum absolute atomic E-state index is 12.3. The average Bonchev–Trinajstić information content (AvgIpc) is 2.40. The van der Waals surface area contributed by atoms with Gasteiger partial charge in [-0.15, -0.1) is 12.4 Å². The largest absolute Gasteiger partial charge is 0.375 e. The first kappa shape index (κ1) is 16.7. The molecule has 1 amide bonds. The van der Waals surface area contributed by atoms with E-state index in [2.05, 4.69) is 19.2 Å². The molecule has 2 atom stereocenters. The van der Waals surface area contributed by atoms with Gasteiger partial charge in [-0.3, -0.25) is 4.79 Å². The van der Waals surface area contributed by atoms with Crippen molar-refractivity contribution in [2.45, 2.75) is 51.7 Å². The van der Waals surface area contributed by atoms with E-state index in [1.165, 1.54) is 12.8 Å². The summed E-state index contributed by atoms with van der Waals surface area (Å²) in [6.07, 6.45) is 4.38. The van der Waals surface area contributed by atoms with E-state index in [1.54, 1.807) is 0 Å². The number of ether oxygens (including phenoxy) is 1. The highest BCUT2D eigenvalue weighted by molar-refractivity contribution is 5.85. The normalized spacial score (nSPS) is 28.8. The van der Waals surface area contributed by atoms with Crippen LogP contribution < -0.4 is 5.32 Å². The van der Waals surface area contributed by atoms with E-state index in [-0.39, 0.29) is 24.6 Å². The summed E-state index contributed by atoms with van der Waals surface area (Å²) in [6, 6.07) is 0.222. The molecule has 4 nitrogen and oxygen atoms in total. The van der Waals surface area contributed by atoms with Gasteiger partial charge in [-0.2, -0.15) is 0 Å². The van der Waals surface area contributed by atoms with Crippen molar-refractivity contribution >= 4 is 18.3 Å². The summed E-state index contributed by atoms with van der Waals surface area (Å²) in [5, 5.41) is 3.37. The van der Waals surface area contributed by atoms with E-state index < -0.39 is 0 Å². The second-order valence-corrected chi connectivity index (χ2v) is 5.64. The highest BCUT2D eigenvalue weighted by Gasteiger charge is 2.29. The predicted octanol–water partition coefficient (Wildman–Crippen LogP) is 1.82. The third-order valence-electron chi connectivity index (χ3n) is 4.43. The lowest BCUT2D eigenvalue weighted by atomic mass is 9.93. The Morgan fingerprint density at radius 3 is 2.68 bits per heavy atom. The number of hydrogen-bond acceptors (Lipinski definition) is 3. The van der Waals surface area contributed by atoms with Crippen molar-refractivity contribution in [2.75, 3.05) is 26.2 Å². The topological polar surface area (TPSA) is 41.6 Å². The van der Waals surface area contributed by atoms with Crippen molar-refractivity contribution in [2.24, 2.45) is 5.92 Å². The summed E-state index contributed by atoms with van der Waals surface area (Å²) in [5.41, 5.74) is 0. The molecule has 2 aliphatic rings. The number of halogens is 1. The lowest BCUT2D eigenvalue weighted by molar-refractivity contribution is -0.144. The molecule has 0 aromatic heterocycles. The summed E-state index contributed by atoms with van der Waals surface area (Å²) in [7, 11) is 0. The number of nitrogens with zero attached hydrogens (tertiary/aromatic N) is 1. The molecule has 0 aromatic rings. The molecule has 0 bridgehead atoms. The van der Waals surface area contributed by atoms with Crippen LogP contribution in [0, 0.1) is 5.92 Å². The first-order chi connectivity index (χ1) is 8.68. The number of amides is 1. The van der Waals surface area contributed by atoms with Crippen molar-refractivity contribution in [1.29, 1.82) is 0 Å². The Bertz CT molecular complexity index is 283. The fourth-order valence-electron chi connectivity index (χ4n) is 2.93. The highest BCUT2D eigenvalue weighted by Crippen LogP contribution is 2.20. The van der Waals surface area contributed by atoms with E-state index in [0.29, 0.717) is 18.9 Å². The van der Waals surface area contributed by atoms with Crippen molar-refractivity contribution in [3.8, 4) is 0 Å². The van der Waals surface area contributed by atoms with Crippen molar-refractivity contribution in [3.05, 3.63) is 0 Å². The van der Waals surface area contributed by atoms with Gasteiger partial charge in [0.05, 0.1) is 18.8 Å².